The lowest BCUT2D eigenvalue weighted by molar-refractivity contribution is -0.164. The molecule has 3 aliphatic heterocycles. The van der Waals surface area contributed by atoms with Gasteiger partial charge in [0.05, 0.1) is 17.3 Å². The maximum atomic E-state index is 13.2. The first-order chi connectivity index (χ1) is 17.3. The van der Waals surface area contributed by atoms with Crippen molar-refractivity contribution in [3.05, 3.63) is 67.3 Å². The summed E-state index contributed by atoms with van der Waals surface area (Å²) in [7, 11) is 0. The molecule has 0 radical (unpaired) electrons. The molecule has 2 atom stereocenters. The molecule has 2 fully saturated rings. The molecule has 188 valence electrons. The van der Waals surface area contributed by atoms with Crippen LogP contribution in [0.1, 0.15) is 39.0 Å². The molecule has 1 unspecified atom stereocenters. The van der Waals surface area contributed by atoms with E-state index in [2.05, 4.69) is 48.1 Å². The Kier molecular flexibility index (Phi) is 6.43. The fourth-order valence-corrected chi connectivity index (χ4v) is 5.69. The first kappa shape index (κ1) is 24.3. The fourth-order valence-electron chi connectivity index (χ4n) is 5.69. The summed E-state index contributed by atoms with van der Waals surface area (Å²) in [5.74, 6) is -0.237. The van der Waals surface area contributed by atoms with Gasteiger partial charge in [0.25, 0.3) is 0 Å². The van der Waals surface area contributed by atoms with Crippen LogP contribution in [-0.4, -0.2) is 69.8 Å². The number of hydrazone groups is 1. The standard InChI is InChI=1S/C29H34N4O3/c1-3-26(34)32-20-14-28(32,2)27(35)31-18-15-29(36,16-19-31)21-25-13-17-30-33(25)24-11-9-23(10-12-24)22-7-5-4-6-8-22/h3-12,17,25,36H,1,13-16,18-21H2,2H3/t25?,28-/m1/s1. The van der Waals surface area contributed by atoms with Crippen molar-refractivity contribution in [1.82, 2.24) is 9.80 Å². The highest BCUT2D eigenvalue weighted by molar-refractivity contribution is 5.96. The maximum absolute atomic E-state index is 13.2. The third-order valence-electron chi connectivity index (χ3n) is 8.08. The van der Waals surface area contributed by atoms with Crippen molar-refractivity contribution in [3.63, 3.8) is 0 Å². The number of amides is 2. The zero-order chi connectivity index (χ0) is 25.3. The average Bonchev–Trinajstić information content (AvgIpc) is 3.35. The molecule has 7 nitrogen and oxygen atoms in total. The van der Waals surface area contributed by atoms with E-state index in [1.165, 1.54) is 11.6 Å². The van der Waals surface area contributed by atoms with Crippen LogP contribution >= 0.6 is 0 Å². The van der Waals surface area contributed by atoms with Crippen molar-refractivity contribution >= 4 is 23.7 Å². The van der Waals surface area contributed by atoms with Gasteiger partial charge in [-0.25, -0.2) is 0 Å². The first-order valence-corrected chi connectivity index (χ1v) is 12.8. The van der Waals surface area contributed by atoms with E-state index in [1.54, 1.807) is 4.90 Å². The van der Waals surface area contributed by atoms with Crippen LogP contribution < -0.4 is 5.01 Å². The summed E-state index contributed by atoms with van der Waals surface area (Å²) in [6.45, 7) is 6.93. The van der Waals surface area contributed by atoms with Gasteiger partial charge in [-0.15, -0.1) is 0 Å². The summed E-state index contributed by atoms with van der Waals surface area (Å²) in [4.78, 5) is 28.8. The SMILES string of the molecule is C=CC(=O)N1CC[C@]1(C)C(=O)N1CCC(O)(CC2CC=NN2c2ccc(-c3ccccc3)cc2)CC1. The average molecular weight is 487 g/mol. The van der Waals surface area contributed by atoms with E-state index in [0.29, 0.717) is 45.3 Å². The molecule has 0 spiro atoms. The molecule has 0 aromatic heterocycles. The summed E-state index contributed by atoms with van der Waals surface area (Å²) in [6.07, 6.45) is 6.24. The van der Waals surface area contributed by atoms with Crippen LogP contribution in [0, 0.1) is 0 Å². The Balaban J connectivity index is 1.20. The normalized spacial score (nSPS) is 24.9. The minimum Gasteiger partial charge on any atom is -0.390 e. The third kappa shape index (κ3) is 4.44. The minimum atomic E-state index is -0.853. The van der Waals surface area contributed by atoms with Gasteiger partial charge in [-0.2, -0.15) is 5.10 Å². The van der Waals surface area contributed by atoms with Gasteiger partial charge in [-0.3, -0.25) is 14.6 Å². The number of nitrogens with zero attached hydrogens (tertiary/aromatic N) is 4. The summed E-state index contributed by atoms with van der Waals surface area (Å²) in [5.41, 5.74) is 1.68. The van der Waals surface area contributed by atoms with Crippen LogP contribution in [0.5, 0.6) is 0 Å². The molecule has 2 amide bonds. The summed E-state index contributed by atoms with van der Waals surface area (Å²) < 4.78 is 0. The van der Waals surface area contributed by atoms with E-state index in [4.69, 9.17) is 0 Å². The van der Waals surface area contributed by atoms with E-state index in [0.717, 1.165) is 17.7 Å². The van der Waals surface area contributed by atoms with Crippen molar-refractivity contribution in [2.75, 3.05) is 24.6 Å². The molecule has 3 aliphatic rings. The molecular weight excluding hydrogens is 452 g/mol. The van der Waals surface area contributed by atoms with Crippen molar-refractivity contribution in [2.24, 2.45) is 5.10 Å². The van der Waals surface area contributed by atoms with Crippen LogP contribution in [0.2, 0.25) is 0 Å². The Morgan fingerprint density at radius 2 is 1.69 bits per heavy atom. The number of rotatable bonds is 6. The van der Waals surface area contributed by atoms with Gasteiger partial charge in [-0.1, -0.05) is 49.0 Å². The second-order valence-corrected chi connectivity index (χ2v) is 10.4. The van der Waals surface area contributed by atoms with Gasteiger partial charge in [-0.05, 0) is 61.9 Å². The molecule has 5 rings (SSSR count). The Labute approximate surface area is 212 Å². The van der Waals surface area contributed by atoms with Crippen LogP contribution in [0.25, 0.3) is 11.1 Å². The summed E-state index contributed by atoms with van der Waals surface area (Å²) in [6, 6.07) is 18.7. The van der Waals surface area contributed by atoms with Crippen molar-refractivity contribution in [1.29, 1.82) is 0 Å². The van der Waals surface area contributed by atoms with E-state index in [9.17, 15) is 14.7 Å². The molecule has 2 aromatic carbocycles. The zero-order valence-corrected chi connectivity index (χ0v) is 20.8. The topological polar surface area (TPSA) is 76.5 Å². The van der Waals surface area contributed by atoms with Gasteiger partial charge < -0.3 is 14.9 Å². The number of hydrogen-bond acceptors (Lipinski definition) is 5. The smallest absolute Gasteiger partial charge is 0.248 e. The molecule has 36 heavy (non-hydrogen) atoms. The quantitative estimate of drug-likeness (QED) is 0.630. The molecule has 1 N–H and O–H groups in total. The molecule has 2 saturated heterocycles. The highest BCUT2D eigenvalue weighted by Crippen LogP contribution is 2.37. The molecule has 0 saturated carbocycles. The monoisotopic (exact) mass is 486 g/mol. The Bertz CT molecular complexity index is 1150. The Morgan fingerprint density at radius 3 is 2.31 bits per heavy atom. The van der Waals surface area contributed by atoms with Crippen LogP contribution in [0.3, 0.4) is 0 Å². The number of aliphatic hydroxyl groups is 1. The van der Waals surface area contributed by atoms with Gasteiger partial charge in [0.2, 0.25) is 11.8 Å². The number of anilines is 1. The van der Waals surface area contributed by atoms with Gasteiger partial charge in [0.1, 0.15) is 5.54 Å². The van der Waals surface area contributed by atoms with Crippen molar-refractivity contribution < 1.29 is 14.7 Å². The molecule has 7 heteroatoms. The lowest BCUT2D eigenvalue weighted by Crippen LogP contribution is -2.68. The highest BCUT2D eigenvalue weighted by atomic mass is 16.3. The number of carbonyl (C=O) groups is 2. The predicted molar refractivity (Wildman–Crippen MR) is 142 cm³/mol. The van der Waals surface area contributed by atoms with E-state index in [1.807, 2.05) is 41.2 Å². The number of piperidine rings is 1. The number of carbonyl (C=O) groups excluding carboxylic acids is 2. The highest BCUT2D eigenvalue weighted by Gasteiger charge is 2.51. The number of hydrogen-bond donors (Lipinski definition) is 1. The summed E-state index contributed by atoms with van der Waals surface area (Å²) >= 11 is 0. The molecule has 3 heterocycles. The number of benzene rings is 2. The molecular formula is C29H34N4O3. The lowest BCUT2D eigenvalue weighted by Gasteiger charge is -2.52. The molecule has 0 aliphatic carbocycles. The van der Waals surface area contributed by atoms with Gasteiger partial charge in [0, 0.05) is 32.3 Å². The largest absolute Gasteiger partial charge is 0.390 e. The van der Waals surface area contributed by atoms with Crippen molar-refractivity contribution in [2.45, 2.75) is 56.2 Å². The maximum Gasteiger partial charge on any atom is 0.248 e. The first-order valence-electron chi connectivity index (χ1n) is 12.8. The van der Waals surface area contributed by atoms with E-state index < -0.39 is 11.1 Å². The van der Waals surface area contributed by atoms with Crippen LogP contribution in [-0.2, 0) is 9.59 Å². The lowest BCUT2D eigenvalue weighted by atomic mass is 9.81. The molecule has 2 aromatic rings. The Hall–Kier alpha value is -3.45. The van der Waals surface area contributed by atoms with Gasteiger partial charge >= 0.3 is 0 Å². The van der Waals surface area contributed by atoms with Crippen molar-refractivity contribution in [3.8, 4) is 11.1 Å². The fraction of sp³-hybridized carbons (Fsp3) is 0.414. The van der Waals surface area contributed by atoms with E-state index in [-0.39, 0.29) is 17.9 Å². The predicted octanol–water partition coefficient (Wildman–Crippen LogP) is 3.84. The van der Waals surface area contributed by atoms with Crippen LogP contribution in [0.4, 0.5) is 5.69 Å². The van der Waals surface area contributed by atoms with E-state index >= 15 is 0 Å². The second kappa shape index (κ2) is 9.54. The second-order valence-electron chi connectivity index (χ2n) is 10.4. The zero-order valence-electron chi connectivity index (χ0n) is 20.8. The third-order valence-corrected chi connectivity index (χ3v) is 8.08. The summed E-state index contributed by atoms with van der Waals surface area (Å²) in [5, 5.41) is 18.1. The molecule has 0 bridgehead atoms. The Morgan fingerprint density at radius 1 is 1.03 bits per heavy atom. The van der Waals surface area contributed by atoms with Crippen LogP contribution in [0.15, 0.2) is 72.4 Å². The van der Waals surface area contributed by atoms with Gasteiger partial charge in [0.15, 0.2) is 0 Å². The minimum absolute atomic E-state index is 0.0321. The number of likely N-dealkylation sites (tertiary alicyclic amines) is 2.